The average molecular weight is 605 g/mol. The lowest BCUT2D eigenvalue weighted by atomic mass is 10.0. The zero-order valence-electron chi connectivity index (χ0n) is 21.5. The van der Waals surface area contributed by atoms with Crippen molar-refractivity contribution in [2.24, 2.45) is 0 Å². The van der Waals surface area contributed by atoms with E-state index in [-0.39, 0.29) is 30.6 Å². The van der Waals surface area contributed by atoms with Gasteiger partial charge in [0.25, 0.3) is 0 Å². The van der Waals surface area contributed by atoms with Crippen LogP contribution < -0.4 is 9.62 Å². The van der Waals surface area contributed by atoms with Crippen molar-refractivity contribution < 1.29 is 22.4 Å². The van der Waals surface area contributed by atoms with E-state index in [1.54, 1.807) is 0 Å². The molecule has 0 fully saturated rings. The van der Waals surface area contributed by atoms with Gasteiger partial charge in [-0.25, -0.2) is 12.8 Å². The molecule has 0 bridgehead atoms. The third-order valence-electron chi connectivity index (χ3n) is 5.74. The van der Waals surface area contributed by atoms with Gasteiger partial charge in [0.1, 0.15) is 18.4 Å². The minimum atomic E-state index is -3.91. The molecule has 1 N–H and O–H groups in total. The molecule has 0 spiro atoms. The van der Waals surface area contributed by atoms with Crippen LogP contribution in [-0.4, -0.2) is 50.0 Å². The molecule has 0 aromatic heterocycles. The number of sulfonamides is 1. The van der Waals surface area contributed by atoms with Crippen molar-refractivity contribution in [1.29, 1.82) is 0 Å². The van der Waals surface area contributed by atoms with Crippen LogP contribution >= 0.6 is 15.9 Å². The van der Waals surface area contributed by atoms with Gasteiger partial charge in [0.05, 0.1) is 11.9 Å². The number of nitrogens with one attached hydrogen (secondary N) is 1. The van der Waals surface area contributed by atoms with Crippen molar-refractivity contribution >= 4 is 43.5 Å². The van der Waals surface area contributed by atoms with Crippen molar-refractivity contribution in [3.05, 3.63) is 100 Å². The van der Waals surface area contributed by atoms with Gasteiger partial charge in [-0.1, -0.05) is 58.4 Å². The van der Waals surface area contributed by atoms with Crippen LogP contribution in [0.4, 0.5) is 10.1 Å². The SMILES string of the molecule is CC(C)NC(=O)C(Cc1ccccc1)N(Cc1cccc(Br)c1)C(=O)CN(c1ccc(F)cc1)S(C)(=O)=O. The number of carbonyl (C=O) groups excluding carboxylic acids is 2. The molecular formula is C28H31BrFN3O4S. The Morgan fingerprint density at radius 2 is 1.58 bits per heavy atom. The largest absolute Gasteiger partial charge is 0.352 e. The van der Waals surface area contributed by atoms with Crippen LogP contribution in [0.1, 0.15) is 25.0 Å². The topological polar surface area (TPSA) is 86.8 Å². The zero-order chi connectivity index (χ0) is 27.9. The van der Waals surface area contributed by atoms with Gasteiger partial charge in [-0.2, -0.15) is 0 Å². The lowest BCUT2D eigenvalue weighted by Gasteiger charge is -2.34. The second-order valence-corrected chi connectivity index (χ2v) is 12.1. The van der Waals surface area contributed by atoms with Crippen molar-refractivity contribution in [3.63, 3.8) is 0 Å². The van der Waals surface area contributed by atoms with E-state index >= 15 is 0 Å². The Morgan fingerprint density at radius 3 is 2.16 bits per heavy atom. The maximum atomic E-state index is 13.9. The van der Waals surface area contributed by atoms with Gasteiger partial charge in [0, 0.05) is 23.5 Å². The van der Waals surface area contributed by atoms with Gasteiger partial charge in [0.15, 0.2) is 0 Å². The summed E-state index contributed by atoms with van der Waals surface area (Å²) in [6, 6.07) is 20.4. The lowest BCUT2D eigenvalue weighted by molar-refractivity contribution is -0.140. The number of anilines is 1. The van der Waals surface area contributed by atoms with E-state index in [4.69, 9.17) is 0 Å². The summed E-state index contributed by atoms with van der Waals surface area (Å²) in [5.74, 6) is -1.45. The Morgan fingerprint density at radius 1 is 0.947 bits per heavy atom. The molecule has 0 saturated heterocycles. The highest BCUT2D eigenvalue weighted by molar-refractivity contribution is 9.10. The summed E-state index contributed by atoms with van der Waals surface area (Å²) in [7, 11) is -3.91. The monoisotopic (exact) mass is 603 g/mol. The molecule has 1 atom stereocenters. The first-order chi connectivity index (χ1) is 17.9. The molecule has 0 saturated carbocycles. The first-order valence-electron chi connectivity index (χ1n) is 12.1. The van der Waals surface area contributed by atoms with Gasteiger partial charge in [0.2, 0.25) is 21.8 Å². The number of rotatable bonds is 11. The van der Waals surface area contributed by atoms with Gasteiger partial charge < -0.3 is 10.2 Å². The van der Waals surface area contributed by atoms with Crippen LogP contribution in [-0.2, 0) is 32.6 Å². The number of hydrogen-bond donors (Lipinski definition) is 1. The summed E-state index contributed by atoms with van der Waals surface area (Å²) in [5, 5.41) is 2.90. The normalized spacial score (nSPS) is 12.2. The third kappa shape index (κ3) is 8.39. The van der Waals surface area contributed by atoms with Gasteiger partial charge >= 0.3 is 0 Å². The Labute approximate surface area is 231 Å². The second-order valence-electron chi connectivity index (χ2n) is 9.27. The highest BCUT2D eigenvalue weighted by Gasteiger charge is 2.33. The highest BCUT2D eigenvalue weighted by atomic mass is 79.9. The fourth-order valence-corrected chi connectivity index (χ4v) is 5.28. The molecule has 10 heteroatoms. The summed E-state index contributed by atoms with van der Waals surface area (Å²) >= 11 is 3.44. The molecule has 202 valence electrons. The fourth-order valence-electron chi connectivity index (χ4n) is 3.99. The second kappa shape index (κ2) is 13.0. The van der Waals surface area contributed by atoms with E-state index < -0.39 is 34.3 Å². The first-order valence-corrected chi connectivity index (χ1v) is 14.7. The quantitative estimate of drug-likeness (QED) is 0.349. The molecule has 3 aromatic rings. The number of carbonyl (C=O) groups is 2. The van der Waals surface area contributed by atoms with E-state index in [1.165, 1.54) is 17.0 Å². The van der Waals surface area contributed by atoms with Crippen LogP contribution in [0.5, 0.6) is 0 Å². The van der Waals surface area contributed by atoms with Crippen LogP contribution in [0.3, 0.4) is 0 Å². The van der Waals surface area contributed by atoms with Crippen LogP contribution in [0.15, 0.2) is 83.3 Å². The van der Waals surface area contributed by atoms with E-state index in [0.29, 0.717) is 0 Å². The third-order valence-corrected chi connectivity index (χ3v) is 7.37. The number of nitrogens with zero attached hydrogens (tertiary/aromatic N) is 2. The van der Waals surface area contributed by atoms with Gasteiger partial charge in [-0.3, -0.25) is 13.9 Å². The zero-order valence-corrected chi connectivity index (χ0v) is 23.9. The van der Waals surface area contributed by atoms with Crippen molar-refractivity contribution in [3.8, 4) is 0 Å². The van der Waals surface area contributed by atoms with Gasteiger partial charge in [-0.05, 0) is 61.4 Å². The molecule has 3 aromatic carbocycles. The predicted molar refractivity (Wildman–Crippen MR) is 150 cm³/mol. The molecule has 0 aliphatic heterocycles. The summed E-state index contributed by atoms with van der Waals surface area (Å²) in [6.45, 7) is 3.18. The van der Waals surface area contributed by atoms with E-state index in [1.807, 2.05) is 68.4 Å². The maximum absolute atomic E-state index is 13.9. The summed E-state index contributed by atoms with van der Waals surface area (Å²) < 4.78 is 40.6. The minimum Gasteiger partial charge on any atom is -0.352 e. The number of hydrogen-bond acceptors (Lipinski definition) is 4. The summed E-state index contributed by atoms with van der Waals surface area (Å²) in [4.78, 5) is 28.8. The van der Waals surface area contributed by atoms with E-state index in [9.17, 15) is 22.4 Å². The van der Waals surface area contributed by atoms with Gasteiger partial charge in [-0.15, -0.1) is 0 Å². The Hall–Kier alpha value is -3.24. The van der Waals surface area contributed by atoms with Crippen molar-refractivity contribution in [1.82, 2.24) is 10.2 Å². The minimum absolute atomic E-state index is 0.0717. The van der Waals surface area contributed by atoms with Crippen LogP contribution in [0.25, 0.3) is 0 Å². The lowest BCUT2D eigenvalue weighted by Crippen LogP contribution is -2.54. The number of amides is 2. The molecule has 1 unspecified atom stereocenters. The molecule has 38 heavy (non-hydrogen) atoms. The van der Waals surface area contributed by atoms with E-state index in [0.717, 1.165) is 38.3 Å². The van der Waals surface area contributed by atoms with Crippen molar-refractivity contribution in [2.45, 2.75) is 38.9 Å². The molecular weight excluding hydrogens is 573 g/mol. The molecule has 0 aliphatic carbocycles. The molecule has 0 radical (unpaired) electrons. The van der Waals surface area contributed by atoms with Crippen LogP contribution in [0.2, 0.25) is 0 Å². The van der Waals surface area contributed by atoms with Crippen molar-refractivity contribution in [2.75, 3.05) is 17.1 Å². The van der Waals surface area contributed by atoms with E-state index in [2.05, 4.69) is 21.2 Å². The molecule has 2 amide bonds. The average Bonchev–Trinajstić information content (AvgIpc) is 2.85. The number of benzene rings is 3. The first kappa shape index (κ1) is 29.3. The Bertz CT molecular complexity index is 1350. The van der Waals surface area contributed by atoms with Crippen LogP contribution in [0, 0.1) is 5.82 Å². The smallest absolute Gasteiger partial charge is 0.244 e. The summed E-state index contributed by atoms with van der Waals surface area (Å²) in [5.41, 5.74) is 1.76. The Balaban J connectivity index is 2.05. The molecule has 7 nitrogen and oxygen atoms in total. The highest BCUT2D eigenvalue weighted by Crippen LogP contribution is 2.21. The summed E-state index contributed by atoms with van der Waals surface area (Å²) in [6.07, 6.45) is 1.21. The predicted octanol–water partition coefficient (Wildman–Crippen LogP) is 4.52. The Kier molecular flexibility index (Phi) is 10.0. The standard InChI is InChI=1S/C28H31BrFN3O4S/c1-20(2)31-28(35)26(17-21-8-5-4-6-9-21)32(18-22-10-7-11-23(29)16-22)27(34)19-33(38(3,36)37)25-14-12-24(30)13-15-25/h4-16,20,26H,17-19H2,1-3H3,(H,31,35). The molecule has 0 aliphatic rings. The maximum Gasteiger partial charge on any atom is 0.244 e. The molecule has 0 heterocycles. The number of halogens is 2. The fraction of sp³-hybridized carbons (Fsp3) is 0.286. The molecule has 3 rings (SSSR count).